The minimum absolute atomic E-state index is 0.254. The first-order valence-corrected chi connectivity index (χ1v) is 8.01. The first-order valence-electron chi connectivity index (χ1n) is 6.62. The number of β-amino-alcohol motifs (C(OH)–C–C–N with tert-alkyl or cyclic N) is 1. The number of piperidine rings is 1. The van der Waals surface area contributed by atoms with E-state index in [0.717, 1.165) is 41.3 Å². The Balaban J connectivity index is 2.38. The SMILES string of the molecule is CCSc1cccc(N2CCCC(O)C2)c1C(N)=S. The van der Waals surface area contributed by atoms with E-state index in [9.17, 15) is 5.11 Å². The van der Waals surface area contributed by atoms with Gasteiger partial charge in [0.1, 0.15) is 4.99 Å². The molecule has 5 heteroatoms. The number of thioether (sulfide) groups is 1. The molecular formula is C14H20N2OS2. The fourth-order valence-electron chi connectivity index (χ4n) is 2.48. The first-order chi connectivity index (χ1) is 9.13. The normalized spacial score (nSPS) is 19.5. The van der Waals surface area contributed by atoms with Crippen molar-refractivity contribution in [2.45, 2.75) is 30.8 Å². The zero-order valence-corrected chi connectivity index (χ0v) is 12.8. The van der Waals surface area contributed by atoms with Gasteiger partial charge in [0, 0.05) is 29.2 Å². The van der Waals surface area contributed by atoms with Crippen LogP contribution in [0.15, 0.2) is 23.1 Å². The summed E-state index contributed by atoms with van der Waals surface area (Å²) in [5.41, 5.74) is 7.93. The van der Waals surface area contributed by atoms with Gasteiger partial charge in [-0.1, -0.05) is 25.2 Å². The minimum atomic E-state index is -0.254. The molecule has 1 fully saturated rings. The number of nitrogens with zero attached hydrogens (tertiary/aromatic N) is 1. The third-order valence-electron chi connectivity index (χ3n) is 3.29. The molecule has 1 saturated heterocycles. The summed E-state index contributed by atoms with van der Waals surface area (Å²) in [5.74, 6) is 0.988. The third-order valence-corrected chi connectivity index (χ3v) is 4.43. The predicted molar refractivity (Wildman–Crippen MR) is 86.2 cm³/mol. The molecule has 1 aromatic rings. The molecule has 0 aromatic heterocycles. The summed E-state index contributed by atoms with van der Waals surface area (Å²) in [4.78, 5) is 3.77. The number of hydrogen-bond acceptors (Lipinski definition) is 4. The van der Waals surface area contributed by atoms with Crippen molar-refractivity contribution in [1.29, 1.82) is 0 Å². The maximum Gasteiger partial charge on any atom is 0.107 e. The molecule has 3 nitrogen and oxygen atoms in total. The summed E-state index contributed by atoms with van der Waals surface area (Å²) in [6, 6.07) is 6.15. The number of anilines is 1. The first kappa shape index (κ1) is 14.6. The van der Waals surface area contributed by atoms with Crippen LogP contribution in [0.3, 0.4) is 0 Å². The average Bonchev–Trinajstić information content (AvgIpc) is 2.38. The van der Waals surface area contributed by atoms with Gasteiger partial charge in [0.2, 0.25) is 0 Å². The molecule has 0 radical (unpaired) electrons. The summed E-state index contributed by atoms with van der Waals surface area (Å²) in [7, 11) is 0. The van der Waals surface area contributed by atoms with Crippen molar-refractivity contribution in [3.8, 4) is 0 Å². The number of aliphatic hydroxyl groups excluding tert-OH is 1. The second-order valence-corrected chi connectivity index (χ2v) is 6.44. The Hall–Kier alpha value is -0.780. The van der Waals surface area contributed by atoms with Crippen molar-refractivity contribution in [1.82, 2.24) is 0 Å². The molecule has 1 unspecified atom stereocenters. The molecule has 0 aliphatic carbocycles. The van der Waals surface area contributed by atoms with Crippen molar-refractivity contribution >= 4 is 34.7 Å². The van der Waals surface area contributed by atoms with Gasteiger partial charge in [-0.05, 0) is 30.7 Å². The lowest BCUT2D eigenvalue weighted by Gasteiger charge is -2.33. The van der Waals surface area contributed by atoms with Crippen molar-refractivity contribution in [3.63, 3.8) is 0 Å². The maximum atomic E-state index is 9.83. The van der Waals surface area contributed by atoms with Gasteiger partial charge in [0.05, 0.1) is 6.10 Å². The molecule has 1 heterocycles. The van der Waals surface area contributed by atoms with Crippen LogP contribution >= 0.6 is 24.0 Å². The lowest BCUT2D eigenvalue weighted by atomic mass is 10.1. The molecule has 2 rings (SSSR count). The Kier molecular flexibility index (Phi) is 5.07. The zero-order valence-electron chi connectivity index (χ0n) is 11.1. The highest BCUT2D eigenvalue weighted by Crippen LogP contribution is 2.32. The fraction of sp³-hybridized carbons (Fsp3) is 0.500. The van der Waals surface area contributed by atoms with Gasteiger partial charge in [-0.2, -0.15) is 0 Å². The topological polar surface area (TPSA) is 49.5 Å². The molecule has 0 saturated carbocycles. The van der Waals surface area contributed by atoms with E-state index >= 15 is 0 Å². The largest absolute Gasteiger partial charge is 0.391 e. The quantitative estimate of drug-likeness (QED) is 0.660. The monoisotopic (exact) mass is 296 g/mol. The average molecular weight is 296 g/mol. The van der Waals surface area contributed by atoms with E-state index in [1.165, 1.54) is 0 Å². The number of rotatable bonds is 4. The van der Waals surface area contributed by atoms with Crippen molar-refractivity contribution < 1.29 is 5.11 Å². The highest BCUT2D eigenvalue weighted by Gasteiger charge is 2.22. The summed E-state index contributed by atoms with van der Waals surface area (Å²) in [6.07, 6.45) is 1.63. The van der Waals surface area contributed by atoms with Crippen molar-refractivity contribution in [2.24, 2.45) is 5.73 Å². The van der Waals surface area contributed by atoms with E-state index in [1.54, 1.807) is 11.8 Å². The third kappa shape index (κ3) is 3.41. The molecule has 104 valence electrons. The van der Waals surface area contributed by atoms with Crippen LogP contribution in [-0.4, -0.2) is 35.0 Å². The summed E-state index contributed by atoms with van der Waals surface area (Å²) in [6.45, 7) is 3.73. The molecule has 1 aliphatic heterocycles. The van der Waals surface area contributed by atoms with Crippen LogP contribution in [-0.2, 0) is 0 Å². The summed E-state index contributed by atoms with van der Waals surface area (Å²) >= 11 is 6.98. The van der Waals surface area contributed by atoms with Crippen LogP contribution in [0.1, 0.15) is 25.3 Å². The number of aliphatic hydroxyl groups is 1. The molecule has 0 bridgehead atoms. The van der Waals surface area contributed by atoms with Gasteiger partial charge in [-0.15, -0.1) is 11.8 Å². The standard InChI is InChI=1S/C14H20N2OS2/c1-2-19-12-7-3-6-11(13(12)14(15)18)16-8-4-5-10(17)9-16/h3,6-7,10,17H,2,4-5,8-9H2,1H3,(H2,15,18). The number of thiocarbonyl (C=S) groups is 1. The van der Waals surface area contributed by atoms with Crippen LogP contribution in [0.5, 0.6) is 0 Å². The Morgan fingerprint density at radius 3 is 3.00 bits per heavy atom. The van der Waals surface area contributed by atoms with E-state index < -0.39 is 0 Å². The number of nitrogens with two attached hydrogens (primary N) is 1. The van der Waals surface area contributed by atoms with E-state index in [2.05, 4.69) is 17.9 Å². The van der Waals surface area contributed by atoms with Gasteiger partial charge in [-0.25, -0.2) is 0 Å². The van der Waals surface area contributed by atoms with Crippen LogP contribution < -0.4 is 10.6 Å². The summed E-state index contributed by atoms with van der Waals surface area (Å²) < 4.78 is 0. The second-order valence-electron chi connectivity index (χ2n) is 4.69. The molecule has 0 amide bonds. The van der Waals surface area contributed by atoms with Crippen molar-refractivity contribution in [3.05, 3.63) is 23.8 Å². The van der Waals surface area contributed by atoms with Gasteiger partial charge in [0.25, 0.3) is 0 Å². The van der Waals surface area contributed by atoms with Crippen LogP contribution in [0.2, 0.25) is 0 Å². The lowest BCUT2D eigenvalue weighted by Crippen LogP contribution is -2.39. The Morgan fingerprint density at radius 1 is 1.58 bits per heavy atom. The molecule has 1 atom stereocenters. The molecule has 0 spiro atoms. The Bertz CT molecular complexity index is 465. The summed E-state index contributed by atoms with van der Waals surface area (Å²) in [5, 5.41) is 9.83. The molecular weight excluding hydrogens is 276 g/mol. The van der Waals surface area contributed by atoms with Gasteiger partial charge in [-0.3, -0.25) is 0 Å². The van der Waals surface area contributed by atoms with E-state index in [4.69, 9.17) is 18.0 Å². The highest BCUT2D eigenvalue weighted by molar-refractivity contribution is 7.99. The predicted octanol–water partition coefficient (Wildman–Crippen LogP) is 2.39. The zero-order chi connectivity index (χ0) is 13.8. The van der Waals surface area contributed by atoms with Crippen molar-refractivity contribution in [2.75, 3.05) is 23.7 Å². The van der Waals surface area contributed by atoms with Gasteiger partial charge in [0.15, 0.2) is 0 Å². The minimum Gasteiger partial charge on any atom is -0.391 e. The van der Waals surface area contributed by atoms with Crippen LogP contribution in [0, 0.1) is 0 Å². The maximum absolute atomic E-state index is 9.83. The molecule has 1 aliphatic rings. The Morgan fingerprint density at radius 2 is 2.37 bits per heavy atom. The highest BCUT2D eigenvalue weighted by atomic mass is 32.2. The Labute approximate surface area is 124 Å². The van der Waals surface area contributed by atoms with Crippen LogP contribution in [0.4, 0.5) is 5.69 Å². The van der Waals surface area contributed by atoms with Gasteiger partial charge >= 0.3 is 0 Å². The molecule has 19 heavy (non-hydrogen) atoms. The lowest BCUT2D eigenvalue weighted by molar-refractivity contribution is 0.154. The van der Waals surface area contributed by atoms with Crippen LogP contribution in [0.25, 0.3) is 0 Å². The molecule has 1 aromatic carbocycles. The smallest absolute Gasteiger partial charge is 0.107 e. The number of hydrogen-bond donors (Lipinski definition) is 2. The van der Waals surface area contributed by atoms with E-state index in [-0.39, 0.29) is 6.10 Å². The molecule has 3 N–H and O–H groups in total. The fourth-order valence-corrected chi connectivity index (χ4v) is 3.60. The number of benzene rings is 1. The van der Waals surface area contributed by atoms with E-state index in [1.807, 2.05) is 12.1 Å². The second kappa shape index (κ2) is 6.59. The van der Waals surface area contributed by atoms with Gasteiger partial charge < -0.3 is 15.7 Å². The van der Waals surface area contributed by atoms with E-state index in [0.29, 0.717) is 11.5 Å².